The van der Waals surface area contributed by atoms with Crippen LogP contribution in [0, 0.1) is 0 Å². The van der Waals surface area contributed by atoms with Gasteiger partial charge >= 0.3 is 0 Å². The largest absolute Gasteiger partial charge is 0.345 e. The first-order chi connectivity index (χ1) is 13.2. The first kappa shape index (κ1) is 16.0. The Kier molecular flexibility index (Phi) is 3.64. The van der Waals surface area contributed by atoms with Gasteiger partial charge in [-0.15, -0.1) is 0 Å². The number of carbonyl (C=O) groups is 1. The summed E-state index contributed by atoms with van der Waals surface area (Å²) in [6.07, 6.45) is 8.86. The number of hydrogen-bond donors (Lipinski definition) is 1. The van der Waals surface area contributed by atoms with Crippen LogP contribution in [0.15, 0.2) is 43.1 Å². The van der Waals surface area contributed by atoms with Gasteiger partial charge in [-0.05, 0) is 19.2 Å². The highest BCUT2D eigenvalue weighted by Gasteiger charge is 2.23. The molecule has 1 fully saturated rings. The Morgan fingerprint density at radius 1 is 1.11 bits per heavy atom. The van der Waals surface area contributed by atoms with E-state index >= 15 is 0 Å². The van der Waals surface area contributed by atoms with E-state index < -0.39 is 0 Å². The minimum atomic E-state index is 0.00773. The first-order valence-electron chi connectivity index (χ1n) is 8.94. The van der Waals surface area contributed by atoms with Gasteiger partial charge in [0.15, 0.2) is 5.65 Å². The predicted molar refractivity (Wildman–Crippen MR) is 101 cm³/mol. The second-order valence-corrected chi connectivity index (χ2v) is 6.84. The molecule has 5 rings (SSSR count). The molecule has 5 heterocycles. The molecular weight excluding hydrogens is 342 g/mol. The summed E-state index contributed by atoms with van der Waals surface area (Å²) in [4.78, 5) is 33.5. The summed E-state index contributed by atoms with van der Waals surface area (Å²) in [6, 6.07) is 3.90. The number of fused-ring (bicyclic) bond motifs is 2. The topological polar surface area (TPSA) is 82.4 Å². The normalized spacial score (nSPS) is 15.7. The van der Waals surface area contributed by atoms with Gasteiger partial charge in [-0.25, -0.2) is 9.97 Å². The van der Waals surface area contributed by atoms with Crippen molar-refractivity contribution in [3.8, 4) is 11.3 Å². The lowest BCUT2D eigenvalue weighted by atomic mass is 10.1. The number of rotatable bonds is 2. The Balaban J connectivity index is 1.56. The Bertz CT molecular complexity index is 1140. The maximum atomic E-state index is 13.0. The minimum Gasteiger partial charge on any atom is -0.345 e. The van der Waals surface area contributed by atoms with Crippen LogP contribution in [-0.2, 0) is 0 Å². The summed E-state index contributed by atoms with van der Waals surface area (Å²) in [5, 5.41) is 0.997. The second kappa shape index (κ2) is 6.17. The van der Waals surface area contributed by atoms with Gasteiger partial charge in [0.25, 0.3) is 5.91 Å². The van der Waals surface area contributed by atoms with E-state index in [0.29, 0.717) is 11.3 Å². The van der Waals surface area contributed by atoms with E-state index in [9.17, 15) is 4.79 Å². The fourth-order valence-electron chi connectivity index (χ4n) is 3.53. The van der Waals surface area contributed by atoms with Crippen LogP contribution in [0.3, 0.4) is 0 Å². The van der Waals surface area contributed by atoms with Crippen LogP contribution in [0.5, 0.6) is 0 Å². The number of piperazine rings is 1. The lowest BCUT2D eigenvalue weighted by Gasteiger charge is -2.32. The predicted octanol–water partition coefficient (Wildman–Crippen LogP) is 1.66. The number of imidazole rings is 1. The van der Waals surface area contributed by atoms with Crippen molar-refractivity contribution in [2.45, 2.75) is 0 Å². The molecule has 0 atom stereocenters. The molecule has 4 aromatic rings. The maximum Gasteiger partial charge on any atom is 0.272 e. The van der Waals surface area contributed by atoms with E-state index in [1.807, 2.05) is 33.8 Å². The molecule has 0 aliphatic carbocycles. The molecular formula is C19H19N7O. The average Bonchev–Trinajstić information content (AvgIpc) is 3.32. The van der Waals surface area contributed by atoms with Crippen LogP contribution in [0.2, 0.25) is 0 Å². The molecule has 0 radical (unpaired) electrons. The smallest absolute Gasteiger partial charge is 0.272 e. The fraction of sp³-hybridized carbons (Fsp3) is 0.263. The van der Waals surface area contributed by atoms with Gasteiger partial charge in [-0.1, -0.05) is 0 Å². The van der Waals surface area contributed by atoms with E-state index in [-0.39, 0.29) is 5.91 Å². The quantitative estimate of drug-likeness (QED) is 0.587. The number of pyridine rings is 1. The molecule has 136 valence electrons. The standard InChI is InChI=1S/C19H19N7O/c1-24-5-7-25(8-6-24)19(27)16-10-22-17-11-21-15(12-26(16)17)14-9-23-18-13(14)3-2-4-20-18/h2-4,9-12H,5-8H2,1H3,(H,20,23). The van der Waals surface area contributed by atoms with Crippen molar-refractivity contribution < 1.29 is 4.79 Å². The number of hydrogen-bond acceptors (Lipinski definition) is 5. The first-order valence-corrected chi connectivity index (χ1v) is 8.94. The Labute approximate surface area is 155 Å². The number of carbonyl (C=O) groups excluding carboxylic acids is 1. The van der Waals surface area contributed by atoms with Crippen LogP contribution < -0.4 is 0 Å². The molecule has 1 N–H and O–H groups in total. The zero-order valence-corrected chi connectivity index (χ0v) is 15.0. The summed E-state index contributed by atoms with van der Waals surface area (Å²) in [5.41, 5.74) is 3.76. The molecule has 8 nitrogen and oxygen atoms in total. The van der Waals surface area contributed by atoms with Crippen molar-refractivity contribution >= 4 is 22.6 Å². The number of nitrogens with zero attached hydrogens (tertiary/aromatic N) is 6. The highest BCUT2D eigenvalue weighted by molar-refractivity contribution is 5.94. The lowest BCUT2D eigenvalue weighted by Crippen LogP contribution is -2.47. The number of nitrogens with one attached hydrogen (secondary N) is 1. The van der Waals surface area contributed by atoms with Gasteiger partial charge in [-0.2, -0.15) is 0 Å². The summed E-state index contributed by atoms with van der Waals surface area (Å²) in [7, 11) is 2.07. The molecule has 1 saturated heterocycles. The number of amides is 1. The molecule has 8 heteroatoms. The third-order valence-corrected chi connectivity index (χ3v) is 5.13. The van der Waals surface area contributed by atoms with Crippen LogP contribution >= 0.6 is 0 Å². The lowest BCUT2D eigenvalue weighted by molar-refractivity contribution is 0.0657. The third kappa shape index (κ3) is 2.65. The number of aromatic amines is 1. The Morgan fingerprint density at radius 3 is 2.81 bits per heavy atom. The Morgan fingerprint density at radius 2 is 1.96 bits per heavy atom. The summed E-state index contributed by atoms with van der Waals surface area (Å²) >= 11 is 0. The summed E-state index contributed by atoms with van der Waals surface area (Å²) in [6.45, 7) is 3.23. The van der Waals surface area contributed by atoms with Crippen LogP contribution in [0.25, 0.3) is 27.9 Å². The van der Waals surface area contributed by atoms with Crippen LogP contribution in [-0.4, -0.2) is 73.3 Å². The average molecular weight is 361 g/mol. The molecule has 4 aromatic heterocycles. The van der Waals surface area contributed by atoms with Crippen LogP contribution in [0.4, 0.5) is 0 Å². The van der Waals surface area contributed by atoms with E-state index in [1.54, 1.807) is 18.6 Å². The zero-order valence-electron chi connectivity index (χ0n) is 15.0. The van der Waals surface area contributed by atoms with Crippen molar-refractivity contribution in [1.82, 2.24) is 34.1 Å². The van der Waals surface area contributed by atoms with E-state index in [1.165, 1.54) is 0 Å². The molecule has 1 amide bonds. The maximum absolute atomic E-state index is 13.0. The zero-order chi connectivity index (χ0) is 18.4. The molecule has 1 aliphatic rings. The highest BCUT2D eigenvalue weighted by atomic mass is 16.2. The van der Waals surface area contributed by atoms with Crippen LogP contribution in [0.1, 0.15) is 10.5 Å². The van der Waals surface area contributed by atoms with Crippen molar-refractivity contribution in [3.05, 3.63) is 48.8 Å². The van der Waals surface area contributed by atoms with Gasteiger partial charge in [-0.3, -0.25) is 14.2 Å². The van der Waals surface area contributed by atoms with Gasteiger partial charge in [0, 0.05) is 55.7 Å². The van der Waals surface area contributed by atoms with Gasteiger partial charge in [0.1, 0.15) is 11.3 Å². The number of aromatic nitrogens is 5. The van der Waals surface area contributed by atoms with E-state index in [0.717, 1.165) is 48.5 Å². The summed E-state index contributed by atoms with van der Waals surface area (Å²) in [5.74, 6) is 0.00773. The number of H-pyrrole nitrogens is 1. The highest BCUT2D eigenvalue weighted by Crippen LogP contribution is 2.26. The molecule has 0 saturated carbocycles. The summed E-state index contributed by atoms with van der Waals surface area (Å²) < 4.78 is 1.83. The van der Waals surface area contributed by atoms with Crippen molar-refractivity contribution in [1.29, 1.82) is 0 Å². The monoisotopic (exact) mass is 361 g/mol. The molecule has 27 heavy (non-hydrogen) atoms. The van der Waals surface area contributed by atoms with E-state index in [2.05, 4.69) is 31.9 Å². The fourth-order valence-corrected chi connectivity index (χ4v) is 3.53. The van der Waals surface area contributed by atoms with Gasteiger partial charge in [0.05, 0.1) is 18.1 Å². The third-order valence-electron chi connectivity index (χ3n) is 5.13. The Hall–Kier alpha value is -3.26. The second-order valence-electron chi connectivity index (χ2n) is 6.84. The van der Waals surface area contributed by atoms with Crippen molar-refractivity contribution in [3.63, 3.8) is 0 Å². The van der Waals surface area contributed by atoms with Gasteiger partial charge < -0.3 is 14.8 Å². The minimum absolute atomic E-state index is 0.00773. The SMILES string of the molecule is CN1CCN(C(=O)c2cnc3cnc(-c4c[nH]c5ncccc45)cn23)CC1. The van der Waals surface area contributed by atoms with Gasteiger partial charge in [0.2, 0.25) is 0 Å². The molecule has 0 unspecified atom stereocenters. The molecule has 0 spiro atoms. The van der Waals surface area contributed by atoms with Crippen molar-refractivity contribution in [2.75, 3.05) is 33.2 Å². The van der Waals surface area contributed by atoms with E-state index in [4.69, 9.17) is 0 Å². The van der Waals surface area contributed by atoms with Crippen molar-refractivity contribution in [2.24, 2.45) is 0 Å². The molecule has 0 bridgehead atoms. The molecule has 0 aromatic carbocycles. The number of likely N-dealkylation sites (N-methyl/N-ethyl adjacent to an activating group) is 1. The molecule has 1 aliphatic heterocycles.